The molecule has 1 saturated carbocycles. The van der Waals surface area contributed by atoms with Crippen LogP contribution in [-0.4, -0.2) is 0 Å². The van der Waals surface area contributed by atoms with E-state index in [1.165, 1.54) is 29.5 Å². The van der Waals surface area contributed by atoms with Crippen LogP contribution in [0.2, 0.25) is 0 Å². The minimum atomic E-state index is 0.615. The van der Waals surface area contributed by atoms with Crippen molar-refractivity contribution in [3.63, 3.8) is 0 Å². The Morgan fingerprint density at radius 2 is 0.783 bits per heavy atom. The maximum absolute atomic E-state index is 2.30. The predicted octanol–water partition coefficient (Wildman–Crippen LogP) is 6.13. The number of hydrogen-bond donors (Lipinski definition) is 0. The third-order valence-electron chi connectivity index (χ3n) is 5.29. The molecule has 0 N–H and O–H groups in total. The van der Waals surface area contributed by atoms with E-state index >= 15 is 0 Å². The van der Waals surface area contributed by atoms with E-state index in [0.717, 1.165) is 0 Å². The zero-order valence-corrected chi connectivity index (χ0v) is 13.3. The molecule has 4 rings (SSSR count). The molecule has 114 valence electrons. The summed E-state index contributed by atoms with van der Waals surface area (Å²) in [5.74, 6) is 1.89. The van der Waals surface area contributed by atoms with E-state index in [2.05, 4.69) is 91.0 Å². The highest BCUT2D eigenvalue weighted by molar-refractivity contribution is 5.34. The maximum atomic E-state index is 2.30. The third kappa shape index (κ3) is 2.94. The molecule has 0 saturated heterocycles. The first-order chi connectivity index (χ1) is 11.4. The zero-order valence-electron chi connectivity index (χ0n) is 13.3. The Morgan fingerprint density at radius 1 is 0.435 bits per heavy atom. The van der Waals surface area contributed by atoms with Crippen LogP contribution in [0.3, 0.4) is 0 Å². The summed E-state index contributed by atoms with van der Waals surface area (Å²) in [6, 6.07) is 33.2. The van der Waals surface area contributed by atoms with Crippen molar-refractivity contribution >= 4 is 0 Å². The summed E-state index contributed by atoms with van der Waals surface area (Å²) >= 11 is 0. The van der Waals surface area contributed by atoms with Crippen LogP contribution in [0.5, 0.6) is 0 Å². The quantitative estimate of drug-likeness (QED) is 0.545. The van der Waals surface area contributed by atoms with E-state index in [-0.39, 0.29) is 0 Å². The van der Waals surface area contributed by atoms with Crippen LogP contribution >= 0.6 is 0 Å². The summed E-state index contributed by atoms with van der Waals surface area (Å²) in [6.45, 7) is 0. The van der Waals surface area contributed by atoms with Crippen molar-refractivity contribution in [1.29, 1.82) is 0 Å². The molecule has 0 aliphatic heterocycles. The van der Waals surface area contributed by atoms with Crippen molar-refractivity contribution in [2.45, 2.75) is 30.6 Å². The molecule has 3 aromatic rings. The Morgan fingerprint density at radius 3 is 1.17 bits per heavy atom. The van der Waals surface area contributed by atoms with Gasteiger partial charge in [-0.2, -0.15) is 0 Å². The van der Waals surface area contributed by atoms with Gasteiger partial charge < -0.3 is 0 Å². The second-order valence-corrected chi connectivity index (χ2v) is 6.61. The highest BCUT2D eigenvalue weighted by Gasteiger charge is 2.36. The Labute approximate surface area is 138 Å². The minimum absolute atomic E-state index is 0.615. The Bertz CT molecular complexity index is 683. The first kappa shape index (κ1) is 14.3. The van der Waals surface area contributed by atoms with Gasteiger partial charge >= 0.3 is 0 Å². The van der Waals surface area contributed by atoms with E-state index in [9.17, 15) is 0 Å². The van der Waals surface area contributed by atoms with Crippen LogP contribution in [0.4, 0.5) is 0 Å². The van der Waals surface area contributed by atoms with Gasteiger partial charge in [0.25, 0.3) is 0 Å². The normalized spacial score (nSPS) is 21.4. The van der Waals surface area contributed by atoms with Gasteiger partial charge in [0.2, 0.25) is 0 Å². The summed E-state index contributed by atoms with van der Waals surface area (Å²) < 4.78 is 0. The van der Waals surface area contributed by atoms with Gasteiger partial charge in [0.05, 0.1) is 0 Å². The lowest BCUT2D eigenvalue weighted by molar-refractivity contribution is 0.624. The molecule has 0 heterocycles. The molecule has 0 bridgehead atoms. The van der Waals surface area contributed by atoms with Crippen LogP contribution in [0.25, 0.3) is 0 Å². The van der Waals surface area contributed by atoms with Crippen molar-refractivity contribution in [3.05, 3.63) is 108 Å². The molecule has 1 fully saturated rings. The van der Waals surface area contributed by atoms with Crippen LogP contribution < -0.4 is 0 Å². The number of hydrogen-bond acceptors (Lipinski definition) is 0. The lowest BCUT2D eigenvalue weighted by Gasteiger charge is -2.20. The van der Waals surface area contributed by atoms with Crippen molar-refractivity contribution in [1.82, 2.24) is 0 Å². The molecule has 0 unspecified atom stereocenters. The molecule has 0 spiro atoms. The van der Waals surface area contributed by atoms with Crippen LogP contribution in [-0.2, 0) is 0 Å². The fourth-order valence-electron chi connectivity index (χ4n) is 4.17. The van der Waals surface area contributed by atoms with Gasteiger partial charge in [0.15, 0.2) is 0 Å². The van der Waals surface area contributed by atoms with E-state index < -0.39 is 0 Å². The van der Waals surface area contributed by atoms with E-state index in [1.807, 2.05) is 0 Å². The third-order valence-corrected chi connectivity index (χ3v) is 5.29. The monoisotopic (exact) mass is 298 g/mol. The number of rotatable bonds is 3. The molecular weight excluding hydrogens is 276 g/mol. The summed E-state index contributed by atoms with van der Waals surface area (Å²) in [7, 11) is 0. The summed E-state index contributed by atoms with van der Waals surface area (Å²) in [6.07, 6.45) is 2.49. The molecule has 0 aromatic heterocycles. The van der Waals surface area contributed by atoms with Gasteiger partial charge in [0.1, 0.15) is 0 Å². The Balaban J connectivity index is 1.70. The predicted molar refractivity (Wildman–Crippen MR) is 96.8 cm³/mol. The molecule has 1 aliphatic rings. The van der Waals surface area contributed by atoms with Gasteiger partial charge in [-0.05, 0) is 47.3 Å². The van der Waals surface area contributed by atoms with Gasteiger partial charge in [-0.1, -0.05) is 91.0 Å². The SMILES string of the molecule is c1ccc(C2C[C@@H](c3ccccc3)[C@H](c3ccccc3)C2)cc1. The minimum Gasteiger partial charge on any atom is -0.0622 e. The number of benzene rings is 3. The lowest BCUT2D eigenvalue weighted by atomic mass is 9.84. The van der Waals surface area contributed by atoms with Crippen LogP contribution in [0, 0.1) is 0 Å². The second kappa shape index (κ2) is 6.42. The second-order valence-electron chi connectivity index (χ2n) is 6.61. The average molecular weight is 298 g/mol. The van der Waals surface area contributed by atoms with Crippen LogP contribution in [0.1, 0.15) is 47.3 Å². The summed E-state index contributed by atoms with van der Waals surface area (Å²) in [4.78, 5) is 0. The molecule has 0 radical (unpaired) electrons. The van der Waals surface area contributed by atoms with E-state index in [4.69, 9.17) is 0 Å². The van der Waals surface area contributed by atoms with E-state index in [1.54, 1.807) is 0 Å². The molecule has 2 atom stereocenters. The van der Waals surface area contributed by atoms with Crippen molar-refractivity contribution in [2.24, 2.45) is 0 Å². The molecule has 0 amide bonds. The van der Waals surface area contributed by atoms with Gasteiger partial charge in [0, 0.05) is 0 Å². The first-order valence-corrected chi connectivity index (χ1v) is 8.56. The molecular formula is C23H22. The van der Waals surface area contributed by atoms with E-state index in [0.29, 0.717) is 17.8 Å². The highest BCUT2D eigenvalue weighted by atomic mass is 14.4. The topological polar surface area (TPSA) is 0 Å². The van der Waals surface area contributed by atoms with Crippen molar-refractivity contribution in [3.8, 4) is 0 Å². The average Bonchev–Trinajstić information content (AvgIpc) is 3.09. The summed E-state index contributed by atoms with van der Waals surface area (Å²) in [5, 5.41) is 0. The molecule has 0 heteroatoms. The van der Waals surface area contributed by atoms with Gasteiger partial charge in [-0.3, -0.25) is 0 Å². The zero-order chi connectivity index (χ0) is 15.5. The Kier molecular flexibility index (Phi) is 3.98. The van der Waals surface area contributed by atoms with Gasteiger partial charge in [-0.25, -0.2) is 0 Å². The van der Waals surface area contributed by atoms with Crippen LogP contribution in [0.15, 0.2) is 91.0 Å². The fraction of sp³-hybridized carbons (Fsp3) is 0.217. The highest BCUT2D eigenvalue weighted by Crippen LogP contribution is 2.52. The Hall–Kier alpha value is -2.34. The molecule has 0 nitrogen and oxygen atoms in total. The fourth-order valence-corrected chi connectivity index (χ4v) is 4.17. The standard InChI is InChI=1S/C23H22/c1-4-10-18(11-5-1)21-16-22(19-12-6-2-7-13-19)23(17-21)20-14-8-3-9-15-20/h1-15,21-23H,16-17H2/t22-,23-/m0/s1. The molecule has 1 aliphatic carbocycles. The van der Waals surface area contributed by atoms with Gasteiger partial charge in [-0.15, -0.1) is 0 Å². The molecule has 23 heavy (non-hydrogen) atoms. The van der Waals surface area contributed by atoms with Crippen molar-refractivity contribution < 1.29 is 0 Å². The smallest absolute Gasteiger partial charge is 0.00871 e. The molecule has 3 aromatic carbocycles. The van der Waals surface area contributed by atoms with Crippen molar-refractivity contribution in [2.75, 3.05) is 0 Å². The maximum Gasteiger partial charge on any atom is -0.00871 e. The largest absolute Gasteiger partial charge is 0.0622 e. The lowest BCUT2D eigenvalue weighted by Crippen LogP contribution is -2.04. The first-order valence-electron chi connectivity index (χ1n) is 8.56. The summed E-state index contributed by atoms with van der Waals surface area (Å²) in [5.41, 5.74) is 4.46.